The van der Waals surface area contributed by atoms with Crippen LogP contribution >= 0.6 is 11.7 Å². The number of fused-ring (bicyclic) bond motifs is 2. The van der Waals surface area contributed by atoms with Gasteiger partial charge in [-0.05, 0) is 43.5 Å². The minimum atomic E-state index is -0.383. The molecule has 4 rings (SSSR count). The summed E-state index contributed by atoms with van der Waals surface area (Å²) in [5.41, 5.74) is 1.15. The first-order chi connectivity index (χ1) is 13.2. The number of ether oxygens (including phenoxy) is 3. The Morgan fingerprint density at radius 3 is 2.96 bits per heavy atom. The summed E-state index contributed by atoms with van der Waals surface area (Å²) in [6, 6.07) is 7.97. The lowest BCUT2D eigenvalue weighted by Gasteiger charge is -2.22. The maximum Gasteiger partial charge on any atom is 0.292 e. The number of hydrogen-bond acceptors (Lipinski definition) is 7. The molecule has 0 N–H and O–H groups in total. The van der Waals surface area contributed by atoms with Crippen LogP contribution in [0.3, 0.4) is 0 Å². The fourth-order valence-electron chi connectivity index (χ4n) is 3.77. The molecule has 2 aromatic rings. The molecule has 7 heteroatoms. The minimum Gasteiger partial charge on any atom is -0.497 e. The van der Waals surface area contributed by atoms with E-state index in [1.54, 1.807) is 7.11 Å². The zero-order valence-electron chi connectivity index (χ0n) is 15.3. The lowest BCUT2D eigenvalue weighted by atomic mass is 10.0. The van der Waals surface area contributed by atoms with Crippen molar-refractivity contribution in [1.82, 2.24) is 13.6 Å². The predicted molar refractivity (Wildman–Crippen MR) is 103 cm³/mol. The average molecular weight is 385 g/mol. The van der Waals surface area contributed by atoms with Gasteiger partial charge in [-0.2, -0.15) is 0 Å². The van der Waals surface area contributed by atoms with E-state index in [4.69, 9.17) is 20.6 Å². The minimum absolute atomic E-state index is 0.172. The highest BCUT2D eigenvalue weighted by molar-refractivity contribution is 6.99. The summed E-state index contributed by atoms with van der Waals surface area (Å²) in [5.74, 6) is 5.01. The molecule has 0 aliphatic carbocycles. The third-order valence-electron chi connectivity index (χ3n) is 5.24. The van der Waals surface area contributed by atoms with Crippen LogP contribution in [0.5, 0.6) is 17.5 Å². The van der Waals surface area contributed by atoms with Gasteiger partial charge in [-0.3, -0.25) is 4.90 Å². The Bertz CT molecular complexity index is 819. The molecule has 0 saturated carbocycles. The first-order valence-corrected chi connectivity index (χ1v) is 9.95. The number of aryl methyl sites for hydroxylation is 1. The van der Waals surface area contributed by atoms with Gasteiger partial charge in [0.25, 0.3) is 11.8 Å². The molecular formula is C20H23N3O3S. The van der Waals surface area contributed by atoms with Crippen LogP contribution in [-0.2, 0) is 6.42 Å². The Labute approximate surface area is 163 Å². The average Bonchev–Trinajstić information content (AvgIpc) is 3.43. The van der Waals surface area contributed by atoms with Gasteiger partial charge in [0, 0.05) is 19.0 Å². The van der Waals surface area contributed by atoms with Crippen LogP contribution in [0.25, 0.3) is 0 Å². The lowest BCUT2D eigenvalue weighted by molar-refractivity contribution is 0.126. The molecule has 1 aromatic heterocycles. The van der Waals surface area contributed by atoms with Crippen molar-refractivity contribution in [2.45, 2.75) is 31.5 Å². The fraction of sp³-hybridized carbons (Fsp3) is 0.500. The highest BCUT2D eigenvalue weighted by atomic mass is 32.1. The first kappa shape index (κ1) is 18.1. The van der Waals surface area contributed by atoms with Gasteiger partial charge >= 0.3 is 0 Å². The molecular weight excluding hydrogens is 362 g/mol. The van der Waals surface area contributed by atoms with Crippen LogP contribution in [0.4, 0.5) is 0 Å². The molecule has 2 aliphatic heterocycles. The predicted octanol–water partition coefficient (Wildman–Crippen LogP) is 2.64. The van der Waals surface area contributed by atoms with E-state index >= 15 is 0 Å². The summed E-state index contributed by atoms with van der Waals surface area (Å²) in [4.78, 5) is 2.42. The molecule has 2 bridgehead atoms. The van der Waals surface area contributed by atoms with Crippen molar-refractivity contribution < 1.29 is 14.2 Å². The van der Waals surface area contributed by atoms with E-state index in [2.05, 4.69) is 25.6 Å². The molecule has 2 saturated heterocycles. The molecule has 0 amide bonds. The molecule has 6 nitrogen and oxygen atoms in total. The molecule has 27 heavy (non-hydrogen) atoms. The van der Waals surface area contributed by atoms with E-state index in [1.165, 1.54) is 13.0 Å². The van der Waals surface area contributed by atoms with Crippen molar-refractivity contribution in [2.24, 2.45) is 5.92 Å². The lowest BCUT2D eigenvalue weighted by Crippen LogP contribution is -2.32. The second-order valence-electron chi connectivity index (χ2n) is 7.00. The third-order valence-corrected chi connectivity index (χ3v) is 5.73. The Hall–Kier alpha value is -2.30. The van der Waals surface area contributed by atoms with Crippen molar-refractivity contribution in [3.63, 3.8) is 0 Å². The molecule has 1 aromatic carbocycles. The summed E-state index contributed by atoms with van der Waals surface area (Å²) in [6.07, 6.45) is 8.13. The van der Waals surface area contributed by atoms with Crippen molar-refractivity contribution in [3.8, 4) is 29.9 Å². The molecule has 0 spiro atoms. The van der Waals surface area contributed by atoms with Crippen LogP contribution in [0.1, 0.15) is 18.4 Å². The molecule has 2 aliphatic rings. The number of piperidine rings is 1. The summed E-state index contributed by atoms with van der Waals surface area (Å²) in [6.45, 7) is 3.24. The van der Waals surface area contributed by atoms with E-state index in [1.807, 2.05) is 18.2 Å². The number of nitrogens with zero attached hydrogens (tertiary/aromatic N) is 3. The van der Waals surface area contributed by atoms with Crippen LogP contribution in [0.2, 0.25) is 0 Å². The Morgan fingerprint density at radius 1 is 1.33 bits per heavy atom. The number of methoxy groups -OCH3 is 1. The quantitative estimate of drug-likeness (QED) is 0.651. The number of hydrogen-bond donors (Lipinski definition) is 0. The van der Waals surface area contributed by atoms with Crippen LogP contribution < -0.4 is 14.2 Å². The normalized spacial score (nSPS) is 24.4. The van der Waals surface area contributed by atoms with Gasteiger partial charge in [-0.1, -0.05) is 18.1 Å². The topological polar surface area (TPSA) is 56.7 Å². The molecule has 2 fully saturated rings. The van der Waals surface area contributed by atoms with E-state index in [9.17, 15) is 0 Å². The number of aromatic nitrogens is 2. The highest BCUT2D eigenvalue weighted by Gasteiger charge is 2.40. The fourth-order valence-corrected chi connectivity index (χ4v) is 4.20. The van der Waals surface area contributed by atoms with Gasteiger partial charge in [0.15, 0.2) is 6.10 Å². The number of terminal acetylenes is 1. The van der Waals surface area contributed by atoms with E-state index in [0.717, 1.165) is 42.6 Å². The second-order valence-corrected chi connectivity index (χ2v) is 7.53. The van der Waals surface area contributed by atoms with Gasteiger partial charge in [0.05, 0.1) is 18.8 Å². The van der Waals surface area contributed by atoms with Crippen LogP contribution in [-0.4, -0.2) is 52.6 Å². The van der Waals surface area contributed by atoms with Crippen LogP contribution in [0, 0.1) is 18.3 Å². The Kier molecular flexibility index (Phi) is 5.46. The van der Waals surface area contributed by atoms with E-state index < -0.39 is 0 Å². The monoisotopic (exact) mass is 385 g/mol. The van der Waals surface area contributed by atoms with Crippen molar-refractivity contribution in [2.75, 3.05) is 26.7 Å². The molecule has 0 radical (unpaired) electrons. The summed E-state index contributed by atoms with van der Waals surface area (Å²) < 4.78 is 25.8. The maximum atomic E-state index is 6.10. The van der Waals surface area contributed by atoms with E-state index in [-0.39, 0.29) is 12.2 Å². The first-order valence-electron chi connectivity index (χ1n) is 9.22. The largest absolute Gasteiger partial charge is 0.497 e. The highest BCUT2D eigenvalue weighted by Crippen LogP contribution is 2.34. The van der Waals surface area contributed by atoms with Crippen molar-refractivity contribution in [3.05, 3.63) is 29.8 Å². The smallest absolute Gasteiger partial charge is 0.292 e. The molecule has 4 atom stereocenters. The Morgan fingerprint density at radius 2 is 2.22 bits per heavy atom. The van der Waals surface area contributed by atoms with Gasteiger partial charge in [0.2, 0.25) is 0 Å². The third kappa shape index (κ3) is 4.18. The van der Waals surface area contributed by atoms with Gasteiger partial charge in [-0.25, -0.2) is 0 Å². The SMILES string of the molecule is C#CC(CCc1cccc(OC)c1)Oc1nsnc1OC1CN2CCC1C2. The van der Waals surface area contributed by atoms with Gasteiger partial charge < -0.3 is 14.2 Å². The zero-order valence-corrected chi connectivity index (χ0v) is 16.2. The molecule has 3 heterocycles. The number of rotatable bonds is 8. The second kappa shape index (κ2) is 8.15. The summed E-state index contributed by atoms with van der Waals surface area (Å²) >= 11 is 1.09. The Balaban J connectivity index is 1.35. The zero-order chi connectivity index (χ0) is 18.6. The summed E-state index contributed by atoms with van der Waals surface area (Å²) in [5, 5.41) is 0. The van der Waals surface area contributed by atoms with Gasteiger partial charge in [-0.15, -0.1) is 15.2 Å². The van der Waals surface area contributed by atoms with Crippen LogP contribution in [0.15, 0.2) is 24.3 Å². The molecule has 4 unspecified atom stereocenters. The van der Waals surface area contributed by atoms with Crippen molar-refractivity contribution in [1.29, 1.82) is 0 Å². The maximum absolute atomic E-state index is 6.10. The summed E-state index contributed by atoms with van der Waals surface area (Å²) in [7, 11) is 1.66. The standard InChI is InChI=1S/C20H23N3O3S/c1-3-16(8-7-14-5-4-6-17(11-14)24-2)25-19-20(22-27-21-19)26-18-13-23-10-9-15(18)12-23/h1,4-6,11,15-16,18H,7-10,12-13H2,2H3. The van der Waals surface area contributed by atoms with E-state index in [0.29, 0.717) is 24.1 Å². The van der Waals surface area contributed by atoms with Crippen molar-refractivity contribution >= 4 is 11.7 Å². The van der Waals surface area contributed by atoms with Gasteiger partial charge in [0.1, 0.15) is 11.9 Å². The number of benzene rings is 1. The molecule has 142 valence electrons.